The van der Waals surface area contributed by atoms with Crippen LogP contribution in [0, 0.1) is 11.3 Å². The van der Waals surface area contributed by atoms with E-state index in [0.29, 0.717) is 0 Å². The van der Waals surface area contributed by atoms with E-state index in [4.69, 9.17) is 4.74 Å². The monoisotopic (exact) mass is 348 g/mol. The van der Waals surface area contributed by atoms with Crippen molar-refractivity contribution < 1.29 is 4.74 Å². The van der Waals surface area contributed by atoms with Gasteiger partial charge in [-0.15, -0.1) is 0 Å². The second kappa shape index (κ2) is 8.49. The third kappa shape index (κ3) is 4.15. The number of benzene rings is 2. The molecule has 136 valence electrons. The summed E-state index contributed by atoms with van der Waals surface area (Å²) >= 11 is 0. The molecule has 1 heterocycles. The van der Waals surface area contributed by atoms with Crippen LogP contribution in [-0.2, 0) is 10.2 Å². The van der Waals surface area contributed by atoms with Crippen LogP contribution in [0.1, 0.15) is 32.3 Å². The van der Waals surface area contributed by atoms with Crippen LogP contribution in [0.2, 0.25) is 0 Å². The van der Waals surface area contributed by atoms with Crippen molar-refractivity contribution in [3.8, 4) is 6.07 Å². The number of allylic oxidation sites excluding steroid dienone is 2. The van der Waals surface area contributed by atoms with E-state index >= 15 is 0 Å². The summed E-state index contributed by atoms with van der Waals surface area (Å²) in [6.07, 6.45) is 3.80. The van der Waals surface area contributed by atoms with Gasteiger partial charge in [-0.1, -0.05) is 54.1 Å². The van der Waals surface area contributed by atoms with Gasteiger partial charge in [0.2, 0.25) is 0 Å². The van der Waals surface area contributed by atoms with Crippen molar-refractivity contribution in [3.05, 3.63) is 59.7 Å². The summed E-state index contributed by atoms with van der Waals surface area (Å²) in [5.74, 6) is 0. The molecule has 0 aliphatic carbocycles. The molecule has 1 saturated heterocycles. The van der Waals surface area contributed by atoms with Crippen molar-refractivity contribution in [1.29, 1.82) is 5.26 Å². The Labute approximate surface area is 156 Å². The van der Waals surface area contributed by atoms with Crippen LogP contribution in [-0.4, -0.2) is 37.7 Å². The molecular formula is C23H28N2O. The van der Waals surface area contributed by atoms with Crippen molar-refractivity contribution in [2.45, 2.75) is 32.1 Å². The molecule has 1 fully saturated rings. The highest BCUT2D eigenvalue weighted by atomic mass is 16.5. The van der Waals surface area contributed by atoms with E-state index in [1.165, 1.54) is 16.3 Å². The molecule has 0 saturated carbocycles. The molecular weight excluding hydrogens is 320 g/mol. The lowest BCUT2D eigenvalue weighted by Gasteiger charge is -2.32. The van der Waals surface area contributed by atoms with Crippen molar-refractivity contribution in [2.75, 3.05) is 32.8 Å². The summed E-state index contributed by atoms with van der Waals surface area (Å²) in [4.78, 5) is 2.42. The minimum Gasteiger partial charge on any atom is -0.379 e. The van der Waals surface area contributed by atoms with E-state index in [0.717, 1.165) is 51.3 Å². The average Bonchev–Trinajstić information content (AvgIpc) is 2.69. The molecule has 1 aliphatic rings. The van der Waals surface area contributed by atoms with Crippen molar-refractivity contribution in [3.63, 3.8) is 0 Å². The van der Waals surface area contributed by atoms with E-state index in [1.54, 1.807) is 0 Å². The second-order valence-electron chi connectivity index (χ2n) is 7.41. The molecule has 1 atom stereocenters. The number of hydrogen-bond acceptors (Lipinski definition) is 3. The molecule has 3 heteroatoms. The fourth-order valence-corrected chi connectivity index (χ4v) is 3.70. The molecule has 0 aromatic heterocycles. The Balaban J connectivity index is 1.98. The van der Waals surface area contributed by atoms with Gasteiger partial charge in [0.15, 0.2) is 0 Å². The van der Waals surface area contributed by atoms with Crippen LogP contribution < -0.4 is 0 Å². The molecule has 2 aromatic rings. The molecule has 0 N–H and O–H groups in total. The Hall–Kier alpha value is -2.15. The topological polar surface area (TPSA) is 36.3 Å². The average molecular weight is 348 g/mol. The quantitative estimate of drug-likeness (QED) is 0.711. The van der Waals surface area contributed by atoms with E-state index in [1.807, 2.05) is 0 Å². The van der Waals surface area contributed by atoms with Crippen molar-refractivity contribution in [2.24, 2.45) is 0 Å². The summed E-state index contributed by atoms with van der Waals surface area (Å²) in [7, 11) is 0. The van der Waals surface area contributed by atoms with Crippen LogP contribution in [0.5, 0.6) is 0 Å². The Kier molecular flexibility index (Phi) is 6.08. The minimum atomic E-state index is -0.504. The lowest BCUT2D eigenvalue weighted by atomic mass is 9.74. The molecule has 0 amide bonds. The number of hydrogen-bond donors (Lipinski definition) is 0. The predicted molar refractivity (Wildman–Crippen MR) is 107 cm³/mol. The van der Waals surface area contributed by atoms with Gasteiger partial charge in [-0.3, -0.25) is 4.90 Å². The molecule has 0 spiro atoms. The van der Waals surface area contributed by atoms with Gasteiger partial charge in [0.05, 0.1) is 24.7 Å². The maximum Gasteiger partial charge on any atom is 0.0874 e. The molecule has 1 aliphatic heterocycles. The fourth-order valence-electron chi connectivity index (χ4n) is 3.70. The molecule has 3 rings (SSSR count). The Morgan fingerprint density at radius 3 is 2.62 bits per heavy atom. The fraction of sp³-hybridized carbons (Fsp3) is 0.435. The summed E-state index contributed by atoms with van der Waals surface area (Å²) in [5, 5.41) is 12.7. The smallest absolute Gasteiger partial charge is 0.0874 e. The Bertz CT molecular complexity index is 805. The lowest BCUT2D eigenvalue weighted by molar-refractivity contribution is 0.0355. The zero-order valence-electron chi connectivity index (χ0n) is 15.9. The van der Waals surface area contributed by atoms with E-state index < -0.39 is 5.41 Å². The van der Waals surface area contributed by atoms with Gasteiger partial charge >= 0.3 is 0 Å². The van der Waals surface area contributed by atoms with Gasteiger partial charge in [-0.25, -0.2) is 0 Å². The first-order valence-electron chi connectivity index (χ1n) is 9.48. The van der Waals surface area contributed by atoms with E-state index in [-0.39, 0.29) is 0 Å². The number of fused-ring (bicyclic) bond motifs is 1. The summed E-state index contributed by atoms with van der Waals surface area (Å²) in [6.45, 7) is 8.64. The first-order chi connectivity index (χ1) is 12.6. The number of rotatable bonds is 6. The maximum atomic E-state index is 10.3. The largest absolute Gasteiger partial charge is 0.379 e. The van der Waals surface area contributed by atoms with E-state index in [2.05, 4.69) is 73.4 Å². The van der Waals surface area contributed by atoms with Crippen LogP contribution in [0.15, 0.2) is 54.1 Å². The third-order valence-electron chi connectivity index (χ3n) is 5.34. The SMILES string of the molecule is CC(C)=CCC(C#N)(CCN1CCOCC1)c1cccc2ccccc12. The molecule has 0 radical (unpaired) electrons. The van der Waals surface area contributed by atoms with Crippen LogP contribution in [0.3, 0.4) is 0 Å². The Morgan fingerprint density at radius 1 is 1.15 bits per heavy atom. The van der Waals surface area contributed by atoms with Gasteiger partial charge in [0, 0.05) is 19.6 Å². The van der Waals surface area contributed by atoms with Crippen LogP contribution in [0.4, 0.5) is 0 Å². The standard InChI is InChI=1S/C23H28N2O/c1-19(2)10-11-23(18-24,12-13-25-14-16-26-17-15-25)22-9-5-7-20-6-3-4-8-21(20)22/h3-10H,11-17H2,1-2H3. The van der Waals surface area contributed by atoms with Gasteiger partial charge in [0.1, 0.15) is 0 Å². The van der Waals surface area contributed by atoms with Gasteiger partial charge in [-0.05, 0) is 43.0 Å². The molecule has 1 unspecified atom stereocenters. The van der Waals surface area contributed by atoms with Gasteiger partial charge < -0.3 is 4.74 Å². The number of nitriles is 1. The van der Waals surface area contributed by atoms with Crippen LogP contribution >= 0.6 is 0 Å². The normalized spacial score (nSPS) is 17.4. The summed E-state index contributed by atoms with van der Waals surface area (Å²) < 4.78 is 5.46. The van der Waals surface area contributed by atoms with Crippen LogP contribution in [0.25, 0.3) is 10.8 Å². The van der Waals surface area contributed by atoms with Gasteiger partial charge in [0.25, 0.3) is 0 Å². The summed E-state index contributed by atoms with van der Waals surface area (Å²) in [5.41, 5.74) is 1.91. The maximum absolute atomic E-state index is 10.3. The predicted octanol–water partition coefficient (Wildman–Crippen LogP) is 4.68. The first kappa shape index (κ1) is 18.6. The highest BCUT2D eigenvalue weighted by molar-refractivity contribution is 5.87. The van der Waals surface area contributed by atoms with Gasteiger partial charge in [-0.2, -0.15) is 5.26 Å². The molecule has 2 aromatic carbocycles. The molecule has 3 nitrogen and oxygen atoms in total. The molecule has 26 heavy (non-hydrogen) atoms. The lowest BCUT2D eigenvalue weighted by Crippen LogP contribution is -2.39. The zero-order valence-corrected chi connectivity index (χ0v) is 15.9. The highest BCUT2D eigenvalue weighted by Gasteiger charge is 2.33. The number of ether oxygens (including phenoxy) is 1. The minimum absolute atomic E-state index is 0.504. The number of morpholine rings is 1. The second-order valence-corrected chi connectivity index (χ2v) is 7.41. The third-order valence-corrected chi connectivity index (χ3v) is 5.34. The highest BCUT2D eigenvalue weighted by Crippen LogP contribution is 2.37. The molecule has 0 bridgehead atoms. The summed E-state index contributed by atoms with van der Waals surface area (Å²) in [6, 6.07) is 17.5. The number of nitrogens with zero attached hydrogens (tertiary/aromatic N) is 2. The van der Waals surface area contributed by atoms with Crippen molar-refractivity contribution >= 4 is 10.8 Å². The first-order valence-corrected chi connectivity index (χ1v) is 9.48. The van der Waals surface area contributed by atoms with Crippen molar-refractivity contribution in [1.82, 2.24) is 4.90 Å². The Morgan fingerprint density at radius 2 is 1.88 bits per heavy atom. The zero-order chi connectivity index (χ0) is 18.4. The van der Waals surface area contributed by atoms with E-state index in [9.17, 15) is 5.26 Å².